The molecule has 0 saturated heterocycles. The number of hydrogen-bond acceptors (Lipinski definition) is 4. The number of fused-ring (bicyclic) bond motifs is 2. The minimum Gasteiger partial charge on any atom is -0.487 e. The van der Waals surface area contributed by atoms with Crippen molar-refractivity contribution in [1.82, 2.24) is 4.98 Å². The van der Waals surface area contributed by atoms with Crippen molar-refractivity contribution in [3.05, 3.63) is 77.5 Å². The molecule has 2 aliphatic heterocycles. The van der Waals surface area contributed by atoms with Gasteiger partial charge < -0.3 is 9.64 Å². The highest BCUT2D eigenvalue weighted by Gasteiger charge is 2.47. The van der Waals surface area contributed by atoms with Crippen LogP contribution in [0.4, 0.5) is 18.9 Å². The third kappa shape index (κ3) is 3.37. The van der Waals surface area contributed by atoms with Gasteiger partial charge in [0, 0.05) is 29.4 Å². The molecule has 1 fully saturated rings. The van der Waals surface area contributed by atoms with Crippen molar-refractivity contribution in [2.75, 3.05) is 4.90 Å². The van der Waals surface area contributed by atoms with Crippen molar-refractivity contribution in [2.24, 2.45) is 4.99 Å². The Labute approximate surface area is 189 Å². The highest BCUT2D eigenvalue weighted by molar-refractivity contribution is 5.86. The van der Waals surface area contributed by atoms with Crippen molar-refractivity contribution >= 4 is 12.0 Å². The molecule has 0 N–H and O–H groups in total. The van der Waals surface area contributed by atoms with Gasteiger partial charge in [-0.2, -0.15) is 13.2 Å². The van der Waals surface area contributed by atoms with Gasteiger partial charge in [0.25, 0.3) is 0 Å². The molecule has 2 aromatic carbocycles. The summed E-state index contributed by atoms with van der Waals surface area (Å²) < 4.78 is 47.4. The molecule has 6 rings (SSSR count). The van der Waals surface area contributed by atoms with E-state index in [9.17, 15) is 13.2 Å². The van der Waals surface area contributed by atoms with Gasteiger partial charge >= 0.3 is 6.18 Å². The van der Waals surface area contributed by atoms with Gasteiger partial charge in [-0.1, -0.05) is 30.3 Å². The number of halogens is 3. The lowest BCUT2D eigenvalue weighted by Gasteiger charge is -2.50. The molecule has 0 amide bonds. The summed E-state index contributed by atoms with van der Waals surface area (Å²) in [5.41, 5.74) is 2.42. The molecule has 33 heavy (non-hydrogen) atoms. The van der Waals surface area contributed by atoms with Crippen molar-refractivity contribution in [3.8, 4) is 17.0 Å². The van der Waals surface area contributed by atoms with Gasteiger partial charge in [0.2, 0.25) is 0 Å². The number of pyridine rings is 1. The van der Waals surface area contributed by atoms with Crippen molar-refractivity contribution < 1.29 is 17.9 Å². The average Bonchev–Trinajstić information content (AvgIpc) is 2.81. The molecule has 0 bridgehead atoms. The maximum Gasteiger partial charge on any atom is 0.418 e. The number of ether oxygens (including phenoxy) is 1. The predicted molar refractivity (Wildman–Crippen MR) is 120 cm³/mol. The Morgan fingerprint density at radius 3 is 2.67 bits per heavy atom. The second-order valence-corrected chi connectivity index (χ2v) is 9.00. The number of alkyl halides is 3. The number of rotatable bonds is 2. The topological polar surface area (TPSA) is 37.7 Å². The predicted octanol–water partition coefficient (Wildman–Crippen LogP) is 6.56. The number of para-hydroxylation sites is 1. The number of benzene rings is 2. The second-order valence-electron chi connectivity index (χ2n) is 9.00. The van der Waals surface area contributed by atoms with Crippen LogP contribution in [-0.2, 0) is 12.7 Å². The first kappa shape index (κ1) is 20.3. The monoisotopic (exact) mass is 449 g/mol. The van der Waals surface area contributed by atoms with E-state index in [1.165, 1.54) is 12.3 Å². The molecule has 4 nitrogen and oxygen atoms in total. The van der Waals surface area contributed by atoms with Crippen LogP contribution in [-0.4, -0.2) is 16.9 Å². The number of aromatic nitrogens is 1. The first-order valence-electron chi connectivity index (χ1n) is 11.2. The number of aliphatic imine (C=N–C) groups is 1. The first-order chi connectivity index (χ1) is 15.9. The van der Waals surface area contributed by atoms with E-state index in [4.69, 9.17) is 4.74 Å². The van der Waals surface area contributed by atoms with Crippen LogP contribution in [0, 0.1) is 0 Å². The summed E-state index contributed by atoms with van der Waals surface area (Å²) in [7, 11) is 0. The summed E-state index contributed by atoms with van der Waals surface area (Å²) >= 11 is 0. The van der Waals surface area contributed by atoms with Crippen molar-refractivity contribution in [1.29, 1.82) is 0 Å². The van der Waals surface area contributed by atoms with Gasteiger partial charge in [-0.25, -0.2) is 0 Å². The zero-order valence-corrected chi connectivity index (χ0v) is 17.8. The number of anilines is 1. The molecule has 168 valence electrons. The number of nitrogens with zero attached hydrogens (tertiary/aromatic N) is 3. The van der Waals surface area contributed by atoms with E-state index in [1.807, 2.05) is 36.7 Å². The van der Waals surface area contributed by atoms with Crippen LogP contribution >= 0.6 is 0 Å². The highest BCUT2D eigenvalue weighted by atomic mass is 19.4. The summed E-state index contributed by atoms with van der Waals surface area (Å²) in [5, 5.41) is 0. The second kappa shape index (κ2) is 7.33. The van der Waals surface area contributed by atoms with E-state index in [2.05, 4.69) is 20.9 Å². The summed E-state index contributed by atoms with van der Waals surface area (Å²) in [6.45, 7) is 0.496. The number of hydrogen-bond donors (Lipinski definition) is 0. The fourth-order valence-electron chi connectivity index (χ4n) is 5.20. The molecule has 3 heterocycles. The van der Waals surface area contributed by atoms with E-state index >= 15 is 0 Å². The highest BCUT2D eigenvalue weighted by Crippen LogP contribution is 2.52. The quantitative estimate of drug-likeness (QED) is 0.445. The Hall–Kier alpha value is -3.35. The molecule has 1 unspecified atom stereocenters. The molecule has 0 radical (unpaired) electrons. The van der Waals surface area contributed by atoms with Crippen LogP contribution in [0.3, 0.4) is 0 Å². The maximum atomic E-state index is 13.7. The van der Waals surface area contributed by atoms with E-state index in [0.29, 0.717) is 12.1 Å². The summed E-state index contributed by atoms with van der Waals surface area (Å²) in [6.07, 6.45) is 2.74. The van der Waals surface area contributed by atoms with Crippen LogP contribution in [0.15, 0.2) is 65.8 Å². The Balaban J connectivity index is 1.46. The lowest BCUT2D eigenvalue weighted by molar-refractivity contribution is -0.137. The molecule has 3 aromatic rings. The molecule has 1 spiro atoms. The molecule has 7 heteroatoms. The van der Waals surface area contributed by atoms with Crippen LogP contribution < -0.4 is 9.64 Å². The SMILES string of the molecule is FC(F)(F)c1cccnc1-c1ccc2c(c1)N(C1CC3(CCC3)Oc3ccccc31)C=NC2. The Bertz CT molecular complexity index is 1250. The largest absolute Gasteiger partial charge is 0.487 e. The minimum absolute atomic E-state index is 0.000816. The van der Waals surface area contributed by atoms with Crippen LogP contribution in [0.1, 0.15) is 48.4 Å². The lowest BCUT2D eigenvalue weighted by Crippen LogP contribution is -2.50. The van der Waals surface area contributed by atoms with E-state index in [0.717, 1.165) is 54.3 Å². The van der Waals surface area contributed by atoms with E-state index < -0.39 is 11.7 Å². The Morgan fingerprint density at radius 1 is 1.03 bits per heavy atom. The molecule has 3 aliphatic rings. The molecule has 1 aliphatic carbocycles. The van der Waals surface area contributed by atoms with Crippen LogP contribution in [0.5, 0.6) is 5.75 Å². The van der Waals surface area contributed by atoms with Crippen LogP contribution in [0.2, 0.25) is 0 Å². The van der Waals surface area contributed by atoms with Crippen molar-refractivity contribution in [2.45, 2.75) is 50.0 Å². The zero-order chi connectivity index (χ0) is 22.6. The molecular weight excluding hydrogens is 427 g/mol. The third-order valence-corrected chi connectivity index (χ3v) is 6.99. The first-order valence-corrected chi connectivity index (χ1v) is 11.2. The molecular formula is C26H22F3N3O. The third-order valence-electron chi connectivity index (χ3n) is 6.99. The summed E-state index contributed by atoms with van der Waals surface area (Å²) in [5.74, 6) is 0.884. The van der Waals surface area contributed by atoms with Gasteiger partial charge in [0.05, 0.1) is 30.2 Å². The van der Waals surface area contributed by atoms with Crippen molar-refractivity contribution in [3.63, 3.8) is 0 Å². The fourth-order valence-corrected chi connectivity index (χ4v) is 5.20. The summed E-state index contributed by atoms with van der Waals surface area (Å²) in [6, 6.07) is 15.8. The van der Waals surface area contributed by atoms with Gasteiger partial charge in [0.1, 0.15) is 11.4 Å². The molecule has 1 atom stereocenters. The van der Waals surface area contributed by atoms with Gasteiger partial charge in [-0.15, -0.1) is 0 Å². The Kier molecular flexibility index (Phi) is 4.50. The van der Waals surface area contributed by atoms with E-state index in [-0.39, 0.29) is 17.3 Å². The zero-order valence-electron chi connectivity index (χ0n) is 17.8. The van der Waals surface area contributed by atoms with Gasteiger partial charge in [-0.05, 0) is 49.1 Å². The van der Waals surface area contributed by atoms with Gasteiger partial charge in [0.15, 0.2) is 0 Å². The Morgan fingerprint density at radius 2 is 1.88 bits per heavy atom. The average molecular weight is 449 g/mol. The van der Waals surface area contributed by atoms with E-state index in [1.54, 1.807) is 6.07 Å². The normalized spacial score (nSPS) is 20.6. The molecule has 1 saturated carbocycles. The smallest absolute Gasteiger partial charge is 0.418 e. The lowest BCUT2D eigenvalue weighted by atomic mass is 9.72. The molecule has 1 aromatic heterocycles. The maximum absolute atomic E-state index is 13.7. The van der Waals surface area contributed by atoms with Gasteiger partial charge in [-0.3, -0.25) is 9.98 Å². The minimum atomic E-state index is -4.48. The summed E-state index contributed by atoms with van der Waals surface area (Å²) in [4.78, 5) is 10.8. The fraction of sp³-hybridized carbons (Fsp3) is 0.308. The van der Waals surface area contributed by atoms with Crippen LogP contribution in [0.25, 0.3) is 11.3 Å². The standard InChI is InChI=1S/C26H22F3N3O/c27-26(28,29)20-6-3-12-31-24(20)17-8-9-18-15-30-16-32(21(18)13-17)22-14-25(10-4-11-25)33-23-7-2-1-5-19(22)23/h1-3,5-9,12-13,16,22H,4,10-11,14-15H2.